The number of piperazine rings is 1. The summed E-state index contributed by atoms with van der Waals surface area (Å²) in [6.07, 6.45) is 0. The Balaban J connectivity index is 1.66. The summed E-state index contributed by atoms with van der Waals surface area (Å²) in [7, 11) is 1.59. The van der Waals surface area contributed by atoms with Gasteiger partial charge in [-0.05, 0) is 24.6 Å². The fraction of sp³-hybridized carbons (Fsp3) is 0.412. The lowest BCUT2D eigenvalue weighted by molar-refractivity contribution is -0.385. The van der Waals surface area contributed by atoms with Gasteiger partial charge in [-0.3, -0.25) is 24.5 Å². The third-order valence-electron chi connectivity index (χ3n) is 4.76. The average molecular weight is 412 g/mol. The van der Waals surface area contributed by atoms with Crippen LogP contribution < -0.4 is 0 Å². The number of halogens is 2. The molecule has 1 aromatic heterocycles. The van der Waals surface area contributed by atoms with Crippen LogP contribution in [0.4, 0.5) is 5.69 Å². The van der Waals surface area contributed by atoms with Crippen molar-refractivity contribution in [1.29, 1.82) is 0 Å². The summed E-state index contributed by atoms with van der Waals surface area (Å²) in [5.41, 5.74) is 1.00. The molecule has 8 nitrogen and oxygen atoms in total. The van der Waals surface area contributed by atoms with E-state index in [1.165, 1.54) is 4.68 Å². The number of benzene rings is 1. The zero-order valence-electron chi connectivity index (χ0n) is 15.0. The first-order valence-electron chi connectivity index (χ1n) is 8.41. The van der Waals surface area contributed by atoms with Gasteiger partial charge in [0.2, 0.25) is 5.69 Å². The normalized spacial score (nSPS) is 15.2. The summed E-state index contributed by atoms with van der Waals surface area (Å²) < 4.78 is 1.37. The number of rotatable bonds is 4. The highest BCUT2D eigenvalue weighted by molar-refractivity contribution is 6.35. The second kappa shape index (κ2) is 7.84. The van der Waals surface area contributed by atoms with Crippen LogP contribution >= 0.6 is 23.2 Å². The van der Waals surface area contributed by atoms with Crippen LogP contribution in [-0.2, 0) is 13.6 Å². The number of hydrogen-bond donors (Lipinski definition) is 0. The molecular weight excluding hydrogens is 393 g/mol. The van der Waals surface area contributed by atoms with E-state index in [9.17, 15) is 14.9 Å². The molecule has 3 rings (SSSR count). The number of nitro groups is 1. The maximum atomic E-state index is 12.7. The van der Waals surface area contributed by atoms with Crippen molar-refractivity contribution < 1.29 is 9.72 Å². The van der Waals surface area contributed by atoms with Crippen molar-refractivity contribution in [2.75, 3.05) is 26.2 Å². The van der Waals surface area contributed by atoms with Gasteiger partial charge in [-0.15, -0.1) is 0 Å². The molecule has 10 heteroatoms. The first kappa shape index (κ1) is 19.6. The number of aryl methyl sites for hydroxylation is 1. The molecule has 1 fully saturated rings. The summed E-state index contributed by atoms with van der Waals surface area (Å²) >= 11 is 12.1. The molecule has 1 saturated heterocycles. The summed E-state index contributed by atoms with van der Waals surface area (Å²) in [6, 6.07) is 5.40. The predicted octanol–water partition coefficient (Wildman–Crippen LogP) is 2.90. The van der Waals surface area contributed by atoms with E-state index in [0.29, 0.717) is 48.5 Å². The minimum Gasteiger partial charge on any atom is -0.334 e. The fourth-order valence-electron chi connectivity index (χ4n) is 3.11. The lowest BCUT2D eigenvalue weighted by Gasteiger charge is -2.34. The van der Waals surface area contributed by atoms with Gasteiger partial charge in [-0.25, -0.2) is 0 Å². The Hall–Kier alpha value is -2.16. The average Bonchev–Trinajstić information content (AvgIpc) is 2.92. The molecule has 1 aliphatic rings. The first-order chi connectivity index (χ1) is 12.8. The van der Waals surface area contributed by atoms with Gasteiger partial charge in [0.1, 0.15) is 5.69 Å². The summed E-state index contributed by atoms with van der Waals surface area (Å²) in [6.45, 7) is 4.46. The van der Waals surface area contributed by atoms with Crippen LogP contribution in [0.1, 0.15) is 21.7 Å². The molecule has 0 radical (unpaired) electrons. The minimum atomic E-state index is -0.547. The number of aromatic nitrogens is 2. The molecule has 0 aliphatic carbocycles. The van der Waals surface area contributed by atoms with Crippen molar-refractivity contribution >= 4 is 34.8 Å². The minimum absolute atomic E-state index is 0.103. The summed E-state index contributed by atoms with van der Waals surface area (Å²) in [4.78, 5) is 27.3. The number of nitrogens with zero attached hydrogens (tertiary/aromatic N) is 5. The van der Waals surface area contributed by atoms with E-state index >= 15 is 0 Å². The van der Waals surface area contributed by atoms with Gasteiger partial charge in [0.15, 0.2) is 0 Å². The molecule has 0 N–H and O–H groups in total. The molecule has 0 saturated carbocycles. The van der Waals surface area contributed by atoms with E-state index in [4.69, 9.17) is 23.2 Å². The Morgan fingerprint density at radius 1 is 1.26 bits per heavy atom. The topological polar surface area (TPSA) is 84.5 Å². The van der Waals surface area contributed by atoms with Crippen LogP contribution in [0, 0.1) is 17.0 Å². The maximum absolute atomic E-state index is 12.7. The fourth-order valence-corrected chi connectivity index (χ4v) is 3.58. The molecule has 2 aromatic rings. The van der Waals surface area contributed by atoms with E-state index in [1.54, 1.807) is 31.0 Å². The van der Waals surface area contributed by atoms with Crippen molar-refractivity contribution in [2.24, 2.45) is 7.05 Å². The van der Waals surface area contributed by atoms with Gasteiger partial charge in [0.25, 0.3) is 5.91 Å². The van der Waals surface area contributed by atoms with E-state index in [1.807, 2.05) is 6.07 Å². The van der Waals surface area contributed by atoms with Gasteiger partial charge in [0, 0.05) is 49.8 Å². The third kappa shape index (κ3) is 4.07. The number of hydrogen-bond acceptors (Lipinski definition) is 5. The van der Waals surface area contributed by atoms with Crippen molar-refractivity contribution in [3.05, 3.63) is 55.3 Å². The predicted molar refractivity (Wildman–Crippen MR) is 102 cm³/mol. The lowest BCUT2D eigenvalue weighted by atomic mass is 10.2. The van der Waals surface area contributed by atoms with Crippen LogP contribution in [0.2, 0.25) is 10.0 Å². The van der Waals surface area contributed by atoms with Crippen molar-refractivity contribution in [3.63, 3.8) is 0 Å². The zero-order chi connectivity index (χ0) is 19.7. The summed E-state index contributed by atoms with van der Waals surface area (Å²) in [5.74, 6) is -0.408. The highest BCUT2D eigenvalue weighted by Gasteiger charge is 2.33. The standard InChI is InChI=1S/C17H19Cl2N5O3/c1-11-16(24(26)27)15(20-21(11)2)17(25)23-7-5-22(6-8-23)10-12-3-4-13(18)9-14(12)19/h3-4,9H,5-8,10H2,1-2H3. The Kier molecular flexibility index (Phi) is 5.69. The molecule has 1 amide bonds. The molecule has 0 spiro atoms. The Morgan fingerprint density at radius 3 is 2.52 bits per heavy atom. The molecule has 0 bridgehead atoms. The second-order valence-corrected chi connectivity index (χ2v) is 7.31. The highest BCUT2D eigenvalue weighted by atomic mass is 35.5. The molecule has 1 aliphatic heterocycles. The van der Waals surface area contributed by atoms with Crippen molar-refractivity contribution in [1.82, 2.24) is 19.6 Å². The maximum Gasteiger partial charge on any atom is 0.322 e. The Labute approximate surface area is 166 Å². The molecule has 0 unspecified atom stereocenters. The Bertz CT molecular complexity index is 891. The zero-order valence-corrected chi connectivity index (χ0v) is 16.5. The van der Waals surface area contributed by atoms with Crippen LogP contribution in [0.25, 0.3) is 0 Å². The largest absolute Gasteiger partial charge is 0.334 e. The molecular formula is C17H19Cl2N5O3. The van der Waals surface area contributed by atoms with E-state index in [2.05, 4.69) is 10.00 Å². The lowest BCUT2D eigenvalue weighted by Crippen LogP contribution is -2.48. The molecule has 2 heterocycles. The quantitative estimate of drug-likeness (QED) is 0.570. The van der Waals surface area contributed by atoms with Crippen LogP contribution in [0.15, 0.2) is 18.2 Å². The van der Waals surface area contributed by atoms with Crippen molar-refractivity contribution in [2.45, 2.75) is 13.5 Å². The van der Waals surface area contributed by atoms with Crippen LogP contribution in [0.3, 0.4) is 0 Å². The van der Waals surface area contributed by atoms with E-state index < -0.39 is 10.8 Å². The SMILES string of the molecule is Cc1c([N+](=O)[O-])c(C(=O)N2CCN(Cc3ccc(Cl)cc3Cl)CC2)nn1C. The van der Waals surface area contributed by atoms with Gasteiger partial charge >= 0.3 is 5.69 Å². The van der Waals surface area contributed by atoms with Crippen LogP contribution in [-0.4, -0.2) is 56.6 Å². The van der Waals surface area contributed by atoms with E-state index in [-0.39, 0.29) is 11.4 Å². The van der Waals surface area contributed by atoms with Crippen LogP contribution in [0.5, 0.6) is 0 Å². The second-order valence-electron chi connectivity index (χ2n) is 6.47. The van der Waals surface area contributed by atoms with Gasteiger partial charge in [0.05, 0.1) is 4.92 Å². The smallest absolute Gasteiger partial charge is 0.322 e. The molecule has 0 atom stereocenters. The van der Waals surface area contributed by atoms with Gasteiger partial charge < -0.3 is 4.90 Å². The third-order valence-corrected chi connectivity index (χ3v) is 5.34. The number of amides is 1. The highest BCUT2D eigenvalue weighted by Crippen LogP contribution is 2.25. The van der Waals surface area contributed by atoms with Crippen molar-refractivity contribution in [3.8, 4) is 0 Å². The van der Waals surface area contributed by atoms with Gasteiger partial charge in [-0.2, -0.15) is 5.10 Å². The molecule has 144 valence electrons. The van der Waals surface area contributed by atoms with Gasteiger partial charge in [-0.1, -0.05) is 29.3 Å². The molecule has 1 aromatic carbocycles. The van der Waals surface area contributed by atoms with E-state index in [0.717, 1.165) is 5.56 Å². The molecule has 27 heavy (non-hydrogen) atoms. The number of carbonyl (C=O) groups is 1. The first-order valence-corrected chi connectivity index (χ1v) is 9.17. The monoisotopic (exact) mass is 411 g/mol. The summed E-state index contributed by atoms with van der Waals surface area (Å²) in [5, 5.41) is 16.6. The number of carbonyl (C=O) groups excluding carboxylic acids is 1. The Morgan fingerprint density at radius 2 is 1.93 bits per heavy atom.